The summed E-state index contributed by atoms with van der Waals surface area (Å²) in [6, 6.07) is 14.9. The van der Waals surface area contributed by atoms with E-state index in [9.17, 15) is 4.79 Å². The number of carbonyl (C=O) groups is 1. The van der Waals surface area contributed by atoms with E-state index in [0.29, 0.717) is 23.9 Å². The number of hydrogen-bond acceptors (Lipinski definition) is 5. The van der Waals surface area contributed by atoms with Crippen LogP contribution in [-0.2, 0) is 6.54 Å². The molecule has 3 N–H and O–H groups in total. The molecule has 0 radical (unpaired) electrons. The van der Waals surface area contributed by atoms with Crippen LogP contribution in [0.5, 0.6) is 0 Å². The second kappa shape index (κ2) is 7.02. The van der Waals surface area contributed by atoms with Crippen LogP contribution in [0.1, 0.15) is 15.9 Å². The number of anilines is 2. The van der Waals surface area contributed by atoms with Gasteiger partial charge >= 0.3 is 0 Å². The third-order valence-corrected chi connectivity index (χ3v) is 3.88. The number of rotatable bonds is 5. The fraction of sp³-hybridized carbons (Fsp3) is 0.0526. The Morgan fingerprint density at radius 2 is 1.85 bits per heavy atom. The lowest BCUT2D eigenvalue weighted by molar-refractivity contribution is 0.102. The van der Waals surface area contributed by atoms with E-state index in [1.807, 2.05) is 36.4 Å². The first-order chi connectivity index (χ1) is 12.8. The molecule has 3 heterocycles. The van der Waals surface area contributed by atoms with E-state index in [0.717, 1.165) is 16.6 Å². The van der Waals surface area contributed by atoms with Gasteiger partial charge in [-0.25, -0.2) is 9.97 Å². The first-order valence-electron chi connectivity index (χ1n) is 8.13. The molecule has 7 heteroatoms. The minimum atomic E-state index is -0.283. The number of aromatic amines is 1. The zero-order valence-corrected chi connectivity index (χ0v) is 13.8. The molecule has 0 saturated heterocycles. The van der Waals surface area contributed by atoms with Crippen LogP contribution in [0.3, 0.4) is 0 Å². The van der Waals surface area contributed by atoms with Crippen molar-refractivity contribution < 1.29 is 4.79 Å². The van der Waals surface area contributed by atoms with Crippen molar-refractivity contribution in [2.45, 2.75) is 6.54 Å². The Morgan fingerprint density at radius 3 is 2.69 bits per heavy atom. The van der Waals surface area contributed by atoms with Crippen molar-refractivity contribution in [1.29, 1.82) is 0 Å². The highest BCUT2D eigenvalue weighted by molar-refractivity contribution is 6.07. The Kier molecular flexibility index (Phi) is 4.26. The molecule has 1 aromatic carbocycles. The Morgan fingerprint density at radius 1 is 1.00 bits per heavy atom. The molecule has 26 heavy (non-hydrogen) atoms. The molecule has 7 nitrogen and oxygen atoms in total. The number of nitrogens with zero attached hydrogens (tertiary/aromatic N) is 3. The Bertz CT molecular complexity index is 1010. The molecule has 4 rings (SSSR count). The van der Waals surface area contributed by atoms with E-state index >= 15 is 0 Å². The zero-order valence-electron chi connectivity index (χ0n) is 13.8. The first-order valence-corrected chi connectivity index (χ1v) is 8.13. The van der Waals surface area contributed by atoms with Gasteiger partial charge in [-0.05, 0) is 42.0 Å². The smallest absolute Gasteiger partial charge is 0.261 e. The minimum absolute atomic E-state index is 0.283. The van der Waals surface area contributed by atoms with Gasteiger partial charge in [0.05, 0.1) is 16.6 Å². The molecule has 0 fully saturated rings. The van der Waals surface area contributed by atoms with Gasteiger partial charge in [-0.15, -0.1) is 0 Å². The zero-order chi connectivity index (χ0) is 17.8. The topological polar surface area (TPSA) is 95.6 Å². The first kappa shape index (κ1) is 15.8. The lowest BCUT2D eigenvalue weighted by atomic mass is 10.2. The number of amides is 1. The number of hydrogen-bond donors (Lipinski definition) is 3. The number of imidazole rings is 1. The molecule has 4 aromatic rings. The minimum Gasteiger partial charge on any atom is -0.365 e. The van der Waals surface area contributed by atoms with Gasteiger partial charge in [0.25, 0.3) is 5.91 Å². The fourth-order valence-electron chi connectivity index (χ4n) is 2.60. The van der Waals surface area contributed by atoms with Crippen LogP contribution < -0.4 is 10.6 Å². The van der Waals surface area contributed by atoms with Crippen LogP contribution in [0.2, 0.25) is 0 Å². The maximum atomic E-state index is 12.7. The molecule has 0 atom stereocenters. The van der Waals surface area contributed by atoms with Crippen LogP contribution in [0.4, 0.5) is 11.8 Å². The number of nitrogens with one attached hydrogen (secondary N) is 3. The van der Waals surface area contributed by atoms with E-state index in [2.05, 4.69) is 30.6 Å². The average molecular weight is 344 g/mol. The van der Waals surface area contributed by atoms with E-state index in [4.69, 9.17) is 0 Å². The Hall–Kier alpha value is -3.74. The van der Waals surface area contributed by atoms with Crippen LogP contribution in [-0.4, -0.2) is 25.8 Å². The molecule has 0 saturated carbocycles. The van der Waals surface area contributed by atoms with Crippen LogP contribution in [0.15, 0.2) is 67.1 Å². The summed E-state index contributed by atoms with van der Waals surface area (Å²) in [4.78, 5) is 28.4. The summed E-state index contributed by atoms with van der Waals surface area (Å²) < 4.78 is 0. The summed E-state index contributed by atoms with van der Waals surface area (Å²) in [5, 5.41) is 5.98. The summed E-state index contributed by atoms with van der Waals surface area (Å²) in [5.74, 6) is 0.632. The number of aromatic nitrogens is 4. The molecular formula is C19H16N6O. The van der Waals surface area contributed by atoms with E-state index in [1.165, 1.54) is 0 Å². The van der Waals surface area contributed by atoms with Gasteiger partial charge in [-0.2, -0.15) is 0 Å². The normalized spacial score (nSPS) is 10.6. The lowest BCUT2D eigenvalue weighted by Crippen LogP contribution is -2.16. The molecule has 0 spiro atoms. The number of fused-ring (bicyclic) bond motifs is 1. The van der Waals surface area contributed by atoms with Crippen molar-refractivity contribution in [1.82, 2.24) is 19.9 Å². The maximum Gasteiger partial charge on any atom is 0.261 e. The van der Waals surface area contributed by atoms with Crippen molar-refractivity contribution in [3.8, 4) is 0 Å². The number of H-pyrrole nitrogens is 1. The number of carbonyl (C=O) groups excluding carboxylic acids is 1. The SMILES string of the molecule is O=C(Nc1nc2ccccc2[nH]1)c1cccnc1NCc1ccncc1. The van der Waals surface area contributed by atoms with Gasteiger partial charge in [0.2, 0.25) is 5.95 Å². The second-order valence-corrected chi connectivity index (χ2v) is 5.67. The van der Waals surface area contributed by atoms with Gasteiger partial charge in [0, 0.05) is 25.1 Å². The van der Waals surface area contributed by atoms with E-state index in [1.54, 1.807) is 30.7 Å². The van der Waals surface area contributed by atoms with Gasteiger partial charge in [0.1, 0.15) is 5.82 Å². The number of benzene rings is 1. The molecule has 0 aliphatic heterocycles. The predicted octanol–water partition coefficient (Wildman–Crippen LogP) is 3.22. The highest BCUT2D eigenvalue weighted by Crippen LogP contribution is 2.17. The number of pyridine rings is 2. The summed E-state index contributed by atoms with van der Waals surface area (Å²) >= 11 is 0. The molecule has 1 amide bonds. The van der Waals surface area contributed by atoms with E-state index < -0.39 is 0 Å². The fourth-order valence-corrected chi connectivity index (χ4v) is 2.60. The highest BCUT2D eigenvalue weighted by Gasteiger charge is 2.14. The van der Waals surface area contributed by atoms with Crippen molar-refractivity contribution in [2.75, 3.05) is 10.6 Å². The molecular weight excluding hydrogens is 328 g/mol. The maximum absolute atomic E-state index is 12.7. The van der Waals surface area contributed by atoms with Crippen molar-refractivity contribution in [2.24, 2.45) is 0 Å². The summed E-state index contributed by atoms with van der Waals surface area (Å²) in [5.41, 5.74) is 3.16. The predicted molar refractivity (Wildman–Crippen MR) is 99.8 cm³/mol. The van der Waals surface area contributed by atoms with Gasteiger partial charge in [0.15, 0.2) is 0 Å². The standard InChI is InChI=1S/C19H16N6O/c26-18(25-19-23-15-5-1-2-6-16(15)24-19)14-4-3-9-21-17(14)22-12-13-7-10-20-11-8-13/h1-11H,12H2,(H,21,22)(H2,23,24,25,26). The van der Waals surface area contributed by atoms with E-state index in [-0.39, 0.29) is 5.91 Å². The van der Waals surface area contributed by atoms with Crippen LogP contribution >= 0.6 is 0 Å². The van der Waals surface area contributed by atoms with Crippen molar-refractivity contribution >= 4 is 28.7 Å². The summed E-state index contributed by atoms with van der Waals surface area (Å²) in [7, 11) is 0. The van der Waals surface area contributed by atoms with Gasteiger partial charge in [-0.1, -0.05) is 12.1 Å². The Labute approximate surface area is 149 Å². The molecule has 0 aliphatic rings. The van der Waals surface area contributed by atoms with Crippen LogP contribution in [0, 0.1) is 0 Å². The summed E-state index contributed by atoms with van der Waals surface area (Å²) in [6.45, 7) is 0.546. The molecule has 0 unspecified atom stereocenters. The summed E-state index contributed by atoms with van der Waals surface area (Å²) in [6.07, 6.45) is 5.10. The lowest BCUT2D eigenvalue weighted by Gasteiger charge is -2.10. The molecule has 3 aromatic heterocycles. The third kappa shape index (κ3) is 3.36. The molecule has 0 aliphatic carbocycles. The second-order valence-electron chi connectivity index (χ2n) is 5.67. The Balaban J connectivity index is 1.52. The van der Waals surface area contributed by atoms with Gasteiger partial charge in [-0.3, -0.25) is 15.1 Å². The quantitative estimate of drug-likeness (QED) is 0.517. The third-order valence-electron chi connectivity index (χ3n) is 3.88. The van der Waals surface area contributed by atoms with Crippen molar-refractivity contribution in [3.63, 3.8) is 0 Å². The monoisotopic (exact) mass is 344 g/mol. The molecule has 0 bridgehead atoms. The van der Waals surface area contributed by atoms with Crippen LogP contribution in [0.25, 0.3) is 11.0 Å². The van der Waals surface area contributed by atoms with Crippen molar-refractivity contribution in [3.05, 3.63) is 78.2 Å². The molecule has 128 valence electrons. The average Bonchev–Trinajstić information content (AvgIpc) is 3.09. The highest BCUT2D eigenvalue weighted by atomic mass is 16.1. The van der Waals surface area contributed by atoms with Gasteiger partial charge < -0.3 is 10.3 Å². The largest absolute Gasteiger partial charge is 0.365 e. The number of para-hydroxylation sites is 2.